The molecule has 0 atom stereocenters. The topological polar surface area (TPSA) is 24.9 Å². The maximum atomic E-state index is 6.13. The van der Waals surface area contributed by atoms with E-state index in [1.165, 1.54) is 5.56 Å². The van der Waals surface area contributed by atoms with Crippen molar-refractivity contribution in [1.29, 1.82) is 0 Å². The monoisotopic (exact) mass is 358 g/mol. The van der Waals surface area contributed by atoms with Crippen LogP contribution in [0.2, 0.25) is 5.02 Å². The minimum atomic E-state index is 0.681. The lowest BCUT2D eigenvalue weighted by Crippen LogP contribution is -2.02. The van der Waals surface area contributed by atoms with E-state index >= 15 is 0 Å². The second kappa shape index (κ2) is 5.69. The fourth-order valence-corrected chi connectivity index (χ4v) is 2.34. The van der Waals surface area contributed by atoms with Gasteiger partial charge < -0.3 is 5.32 Å². The zero-order chi connectivity index (χ0) is 12.3. The lowest BCUT2D eigenvalue weighted by molar-refractivity contribution is 1.04. The van der Waals surface area contributed by atoms with Gasteiger partial charge in [-0.1, -0.05) is 17.7 Å². The first-order valence-corrected chi connectivity index (χ1v) is 6.71. The van der Waals surface area contributed by atoms with Crippen molar-refractivity contribution in [1.82, 2.24) is 4.98 Å². The highest BCUT2D eigenvalue weighted by Gasteiger charge is 2.01. The second-order valence-corrected chi connectivity index (χ2v) is 5.46. The molecule has 88 valence electrons. The summed E-state index contributed by atoms with van der Waals surface area (Å²) in [7, 11) is 0. The van der Waals surface area contributed by atoms with Crippen LogP contribution in [0.25, 0.3) is 0 Å². The van der Waals surface area contributed by atoms with Crippen molar-refractivity contribution < 1.29 is 0 Å². The third kappa shape index (κ3) is 3.57. The highest BCUT2D eigenvalue weighted by Crippen LogP contribution is 2.24. The van der Waals surface area contributed by atoms with Crippen LogP contribution in [-0.4, -0.2) is 4.98 Å². The Balaban J connectivity index is 2.04. The molecule has 1 aromatic carbocycles. The van der Waals surface area contributed by atoms with Crippen LogP contribution in [0, 0.1) is 10.5 Å². The number of hydrogen-bond donors (Lipinski definition) is 1. The number of aromatic nitrogens is 1. The lowest BCUT2D eigenvalue weighted by Gasteiger charge is -2.08. The molecule has 4 heteroatoms. The normalized spacial score (nSPS) is 10.3. The van der Waals surface area contributed by atoms with Gasteiger partial charge in [-0.05, 0) is 59.3 Å². The maximum absolute atomic E-state index is 6.13. The van der Waals surface area contributed by atoms with Crippen LogP contribution < -0.4 is 5.32 Å². The molecule has 0 aliphatic carbocycles. The Morgan fingerprint density at radius 2 is 2.12 bits per heavy atom. The van der Waals surface area contributed by atoms with Crippen molar-refractivity contribution >= 4 is 39.9 Å². The summed E-state index contributed by atoms with van der Waals surface area (Å²) in [5.41, 5.74) is 3.11. The van der Waals surface area contributed by atoms with E-state index in [-0.39, 0.29) is 0 Å². The molecule has 1 N–H and O–H groups in total. The first-order valence-electron chi connectivity index (χ1n) is 5.25. The Morgan fingerprint density at radius 1 is 1.29 bits per heavy atom. The summed E-state index contributed by atoms with van der Waals surface area (Å²) >= 11 is 8.37. The van der Waals surface area contributed by atoms with Gasteiger partial charge in [-0.3, -0.25) is 4.98 Å². The fraction of sp³-hybridized carbons (Fsp3) is 0.154. The highest BCUT2D eigenvalue weighted by molar-refractivity contribution is 14.1. The van der Waals surface area contributed by atoms with Crippen LogP contribution in [0.5, 0.6) is 0 Å². The van der Waals surface area contributed by atoms with Gasteiger partial charge in [0.25, 0.3) is 0 Å². The lowest BCUT2D eigenvalue weighted by atomic mass is 10.2. The predicted octanol–water partition coefficient (Wildman–Crippen LogP) is 4.26. The van der Waals surface area contributed by atoms with Gasteiger partial charge in [-0.25, -0.2) is 0 Å². The van der Waals surface area contributed by atoms with Crippen molar-refractivity contribution in [3.63, 3.8) is 0 Å². The molecule has 0 amide bonds. The van der Waals surface area contributed by atoms with Crippen LogP contribution in [0.1, 0.15) is 11.3 Å². The maximum Gasteiger partial charge on any atom is 0.0648 e. The summed E-state index contributed by atoms with van der Waals surface area (Å²) in [6.45, 7) is 2.71. The number of benzene rings is 1. The molecule has 0 radical (unpaired) electrons. The van der Waals surface area contributed by atoms with Crippen LogP contribution in [-0.2, 0) is 6.54 Å². The Morgan fingerprint density at radius 3 is 2.76 bits per heavy atom. The van der Waals surface area contributed by atoms with Crippen LogP contribution in [0.4, 0.5) is 5.69 Å². The van der Waals surface area contributed by atoms with Crippen molar-refractivity contribution in [3.8, 4) is 0 Å². The number of hydrogen-bond acceptors (Lipinski definition) is 2. The minimum absolute atomic E-state index is 0.681. The summed E-state index contributed by atoms with van der Waals surface area (Å²) in [5.74, 6) is 0. The van der Waals surface area contributed by atoms with Gasteiger partial charge in [-0.15, -0.1) is 0 Å². The Labute approximate surface area is 120 Å². The van der Waals surface area contributed by atoms with Gasteiger partial charge in [0.2, 0.25) is 0 Å². The molecule has 0 bridgehead atoms. The number of pyridine rings is 1. The number of rotatable bonds is 3. The summed E-state index contributed by atoms with van der Waals surface area (Å²) in [6.07, 6.45) is 1.87. The zero-order valence-electron chi connectivity index (χ0n) is 9.37. The Hall–Kier alpha value is -0.810. The van der Waals surface area contributed by atoms with Crippen molar-refractivity contribution in [3.05, 3.63) is 56.4 Å². The first-order chi connectivity index (χ1) is 8.15. The SMILES string of the molecule is Cc1ccc(CNc2ccc(I)cc2Cl)nc1. The summed E-state index contributed by atoms with van der Waals surface area (Å²) < 4.78 is 1.13. The molecular formula is C13H12ClIN2. The number of nitrogens with one attached hydrogen (secondary N) is 1. The molecule has 1 heterocycles. The molecule has 2 nitrogen and oxygen atoms in total. The van der Waals surface area contributed by atoms with Gasteiger partial charge in [0, 0.05) is 9.77 Å². The van der Waals surface area contributed by atoms with E-state index in [1.54, 1.807) is 0 Å². The van der Waals surface area contributed by atoms with Crippen LogP contribution >= 0.6 is 34.2 Å². The summed E-state index contributed by atoms with van der Waals surface area (Å²) in [4.78, 5) is 4.33. The molecule has 0 unspecified atom stereocenters. The summed E-state index contributed by atoms with van der Waals surface area (Å²) in [5, 5.41) is 4.02. The number of aryl methyl sites for hydroxylation is 1. The van der Waals surface area contributed by atoms with Gasteiger partial charge in [0.1, 0.15) is 0 Å². The van der Waals surface area contributed by atoms with Crippen LogP contribution in [0.15, 0.2) is 36.5 Å². The second-order valence-electron chi connectivity index (χ2n) is 3.80. The minimum Gasteiger partial charge on any atom is -0.378 e. The predicted molar refractivity (Wildman–Crippen MR) is 80.5 cm³/mol. The van der Waals surface area contributed by atoms with E-state index in [0.717, 1.165) is 20.0 Å². The quantitative estimate of drug-likeness (QED) is 0.829. The van der Waals surface area contributed by atoms with Crippen molar-refractivity contribution in [2.24, 2.45) is 0 Å². The van der Waals surface area contributed by atoms with Crippen LogP contribution in [0.3, 0.4) is 0 Å². The molecular weight excluding hydrogens is 347 g/mol. The van der Waals surface area contributed by atoms with E-state index in [9.17, 15) is 0 Å². The third-order valence-corrected chi connectivity index (χ3v) is 3.35. The molecule has 2 rings (SSSR count). The zero-order valence-corrected chi connectivity index (χ0v) is 12.3. The standard InChI is InChI=1S/C13H12ClIN2/c1-9-2-4-11(16-7-9)8-17-13-5-3-10(15)6-12(13)14/h2-7,17H,8H2,1H3. The van der Waals surface area contributed by atoms with Crippen molar-refractivity contribution in [2.45, 2.75) is 13.5 Å². The number of halogens is 2. The molecule has 0 fully saturated rings. The molecule has 0 aliphatic rings. The largest absolute Gasteiger partial charge is 0.378 e. The molecule has 2 aromatic rings. The molecule has 0 saturated heterocycles. The van der Waals surface area contributed by atoms with E-state index in [2.05, 4.69) is 39.0 Å². The molecule has 0 aliphatic heterocycles. The third-order valence-electron chi connectivity index (χ3n) is 2.36. The van der Waals surface area contributed by atoms with E-state index in [4.69, 9.17) is 11.6 Å². The highest BCUT2D eigenvalue weighted by atomic mass is 127. The van der Waals surface area contributed by atoms with Gasteiger partial charge in [-0.2, -0.15) is 0 Å². The molecule has 1 aromatic heterocycles. The number of anilines is 1. The van der Waals surface area contributed by atoms with E-state index < -0.39 is 0 Å². The summed E-state index contributed by atoms with van der Waals surface area (Å²) in [6, 6.07) is 10.0. The average molecular weight is 359 g/mol. The fourth-order valence-electron chi connectivity index (χ4n) is 1.42. The van der Waals surface area contributed by atoms with Gasteiger partial charge >= 0.3 is 0 Å². The van der Waals surface area contributed by atoms with E-state index in [1.807, 2.05) is 37.4 Å². The Kier molecular flexibility index (Phi) is 4.23. The van der Waals surface area contributed by atoms with Gasteiger partial charge in [0.05, 0.1) is 22.9 Å². The van der Waals surface area contributed by atoms with E-state index in [0.29, 0.717) is 6.54 Å². The van der Waals surface area contributed by atoms with Gasteiger partial charge in [0.15, 0.2) is 0 Å². The average Bonchev–Trinajstić information content (AvgIpc) is 2.30. The number of nitrogens with zero attached hydrogens (tertiary/aromatic N) is 1. The molecule has 0 spiro atoms. The smallest absolute Gasteiger partial charge is 0.0648 e. The Bertz CT molecular complexity index is 511. The first kappa shape index (κ1) is 12.6. The molecule has 0 saturated carbocycles. The van der Waals surface area contributed by atoms with Crippen molar-refractivity contribution in [2.75, 3.05) is 5.32 Å². The molecule has 17 heavy (non-hydrogen) atoms.